The monoisotopic (exact) mass is 278 g/mol. The van der Waals surface area contributed by atoms with E-state index in [1.54, 1.807) is 19.2 Å². The summed E-state index contributed by atoms with van der Waals surface area (Å²) in [6.07, 6.45) is 2.14. The third-order valence-electron chi connectivity index (χ3n) is 2.89. The number of carbonyl (C=O) groups is 2. The van der Waals surface area contributed by atoms with Gasteiger partial charge in [-0.05, 0) is 24.5 Å². The normalized spacial score (nSPS) is 12.1. The van der Waals surface area contributed by atoms with Crippen LogP contribution in [0.3, 0.4) is 0 Å². The molecule has 1 unspecified atom stereocenters. The molecule has 2 amide bonds. The van der Waals surface area contributed by atoms with E-state index in [4.69, 9.17) is 5.73 Å². The lowest BCUT2D eigenvalue weighted by Crippen LogP contribution is -2.36. The van der Waals surface area contributed by atoms with Gasteiger partial charge in [0.1, 0.15) is 5.82 Å². The largest absolute Gasteiger partial charge is 0.323 e. The Bertz CT molecular complexity index is 471. The molecule has 0 aromatic carbocycles. The lowest BCUT2D eigenvalue weighted by molar-refractivity contribution is -0.118. The zero-order valence-electron chi connectivity index (χ0n) is 12.4. The minimum absolute atomic E-state index is 0.103. The lowest BCUT2D eigenvalue weighted by Gasteiger charge is -2.16. The smallest absolute Gasteiger partial charge is 0.241 e. The lowest BCUT2D eigenvalue weighted by atomic mass is 10.0. The van der Waals surface area contributed by atoms with Crippen molar-refractivity contribution in [3.05, 3.63) is 18.3 Å². The molecule has 1 aromatic rings. The number of rotatable bonds is 5. The van der Waals surface area contributed by atoms with Gasteiger partial charge in [-0.2, -0.15) is 0 Å². The number of pyridine rings is 1. The van der Waals surface area contributed by atoms with Gasteiger partial charge in [0, 0.05) is 14.0 Å². The molecule has 0 bridgehead atoms. The molecule has 6 heteroatoms. The van der Waals surface area contributed by atoms with Gasteiger partial charge in [-0.25, -0.2) is 4.98 Å². The Hall–Kier alpha value is -1.95. The fourth-order valence-corrected chi connectivity index (χ4v) is 1.67. The van der Waals surface area contributed by atoms with E-state index in [1.165, 1.54) is 18.0 Å². The second-order valence-corrected chi connectivity index (χ2v) is 5.21. The molecule has 3 N–H and O–H groups in total. The molecule has 1 heterocycles. The van der Waals surface area contributed by atoms with Crippen molar-refractivity contribution in [2.75, 3.05) is 17.3 Å². The minimum Gasteiger partial charge on any atom is -0.323 e. The van der Waals surface area contributed by atoms with Crippen LogP contribution in [-0.4, -0.2) is 29.9 Å². The summed E-state index contributed by atoms with van der Waals surface area (Å²) in [5.74, 6) is 0.559. The van der Waals surface area contributed by atoms with E-state index in [9.17, 15) is 9.59 Å². The van der Waals surface area contributed by atoms with Crippen LogP contribution < -0.4 is 16.0 Å². The Morgan fingerprint density at radius 2 is 2.05 bits per heavy atom. The summed E-state index contributed by atoms with van der Waals surface area (Å²) < 4.78 is 0. The summed E-state index contributed by atoms with van der Waals surface area (Å²) in [6, 6.07) is 2.84. The molecular formula is C14H22N4O2. The van der Waals surface area contributed by atoms with Crippen molar-refractivity contribution in [1.82, 2.24) is 4.98 Å². The summed E-state index contributed by atoms with van der Waals surface area (Å²) >= 11 is 0. The quantitative estimate of drug-likeness (QED) is 0.851. The van der Waals surface area contributed by atoms with Crippen molar-refractivity contribution in [1.29, 1.82) is 0 Å². The maximum absolute atomic E-state index is 11.8. The molecule has 0 aliphatic rings. The molecule has 110 valence electrons. The zero-order valence-corrected chi connectivity index (χ0v) is 12.4. The Morgan fingerprint density at radius 1 is 1.40 bits per heavy atom. The standard InChI is InChI=1S/C14H22N4O2/c1-9(2)7-12(15)14(20)17-11-5-6-13(16-8-11)18(4)10(3)19/h5-6,8-9,12H,7,15H2,1-4H3,(H,17,20). The average Bonchev–Trinajstić information content (AvgIpc) is 2.37. The van der Waals surface area contributed by atoms with Crippen LogP contribution in [0.15, 0.2) is 18.3 Å². The van der Waals surface area contributed by atoms with Crippen LogP contribution in [0.5, 0.6) is 0 Å². The Balaban J connectivity index is 2.66. The minimum atomic E-state index is -0.533. The molecule has 6 nitrogen and oxygen atoms in total. The molecule has 0 radical (unpaired) electrons. The van der Waals surface area contributed by atoms with Gasteiger partial charge in [-0.1, -0.05) is 13.8 Å². The number of carbonyl (C=O) groups excluding carboxylic acids is 2. The molecule has 1 atom stereocenters. The maximum Gasteiger partial charge on any atom is 0.241 e. The number of amides is 2. The van der Waals surface area contributed by atoms with Crippen LogP contribution in [0.1, 0.15) is 27.2 Å². The van der Waals surface area contributed by atoms with Gasteiger partial charge in [-0.15, -0.1) is 0 Å². The van der Waals surface area contributed by atoms with Crippen LogP contribution in [-0.2, 0) is 9.59 Å². The highest BCUT2D eigenvalue weighted by molar-refractivity contribution is 5.95. The van der Waals surface area contributed by atoms with E-state index in [-0.39, 0.29) is 11.8 Å². The molecular weight excluding hydrogens is 256 g/mol. The number of nitrogens with zero attached hydrogens (tertiary/aromatic N) is 2. The van der Waals surface area contributed by atoms with Crippen LogP contribution in [0.2, 0.25) is 0 Å². The first-order valence-electron chi connectivity index (χ1n) is 6.58. The molecule has 0 aliphatic heterocycles. The number of nitrogens with one attached hydrogen (secondary N) is 1. The number of hydrogen-bond acceptors (Lipinski definition) is 4. The van der Waals surface area contributed by atoms with E-state index in [2.05, 4.69) is 10.3 Å². The summed E-state index contributed by atoms with van der Waals surface area (Å²) in [5.41, 5.74) is 6.36. The van der Waals surface area contributed by atoms with Crippen LogP contribution in [0.4, 0.5) is 11.5 Å². The van der Waals surface area contributed by atoms with Crippen molar-refractivity contribution in [2.45, 2.75) is 33.2 Å². The average molecular weight is 278 g/mol. The van der Waals surface area contributed by atoms with Gasteiger partial charge in [0.25, 0.3) is 0 Å². The van der Waals surface area contributed by atoms with E-state index < -0.39 is 6.04 Å². The van der Waals surface area contributed by atoms with E-state index >= 15 is 0 Å². The van der Waals surface area contributed by atoms with Gasteiger partial charge >= 0.3 is 0 Å². The highest BCUT2D eigenvalue weighted by atomic mass is 16.2. The molecule has 0 spiro atoms. The Labute approximate surface area is 119 Å². The maximum atomic E-state index is 11.8. The highest BCUT2D eigenvalue weighted by Crippen LogP contribution is 2.14. The van der Waals surface area contributed by atoms with Crippen LogP contribution >= 0.6 is 0 Å². The molecule has 1 aromatic heterocycles. The number of hydrogen-bond donors (Lipinski definition) is 2. The van der Waals surface area contributed by atoms with Crippen LogP contribution in [0.25, 0.3) is 0 Å². The molecule has 0 saturated carbocycles. The number of anilines is 2. The Kier molecular flexibility index (Phi) is 5.64. The van der Waals surface area contributed by atoms with Gasteiger partial charge in [0.15, 0.2) is 0 Å². The summed E-state index contributed by atoms with van der Waals surface area (Å²) in [4.78, 5) is 28.6. The first kappa shape index (κ1) is 16.1. The zero-order chi connectivity index (χ0) is 15.3. The van der Waals surface area contributed by atoms with E-state index in [0.29, 0.717) is 23.8 Å². The SMILES string of the molecule is CC(=O)N(C)c1ccc(NC(=O)C(N)CC(C)C)cn1. The van der Waals surface area contributed by atoms with Crippen molar-refractivity contribution < 1.29 is 9.59 Å². The predicted octanol–water partition coefficient (Wildman–Crippen LogP) is 1.38. The van der Waals surface area contributed by atoms with Crippen LogP contribution in [0, 0.1) is 5.92 Å². The second-order valence-electron chi connectivity index (χ2n) is 5.21. The van der Waals surface area contributed by atoms with Gasteiger partial charge in [0.05, 0.1) is 17.9 Å². The fraction of sp³-hybridized carbons (Fsp3) is 0.500. The molecule has 0 saturated heterocycles. The third kappa shape index (κ3) is 4.62. The van der Waals surface area contributed by atoms with Gasteiger partial charge < -0.3 is 16.0 Å². The molecule has 0 aliphatic carbocycles. The first-order chi connectivity index (χ1) is 9.31. The first-order valence-corrected chi connectivity index (χ1v) is 6.58. The van der Waals surface area contributed by atoms with Crippen molar-refractivity contribution in [3.8, 4) is 0 Å². The number of aromatic nitrogens is 1. The number of nitrogens with two attached hydrogens (primary N) is 1. The topological polar surface area (TPSA) is 88.3 Å². The highest BCUT2D eigenvalue weighted by Gasteiger charge is 2.15. The summed E-state index contributed by atoms with van der Waals surface area (Å²) in [5, 5.41) is 2.71. The van der Waals surface area contributed by atoms with E-state index in [0.717, 1.165) is 0 Å². The molecule has 20 heavy (non-hydrogen) atoms. The third-order valence-corrected chi connectivity index (χ3v) is 2.89. The van der Waals surface area contributed by atoms with Gasteiger partial charge in [-0.3, -0.25) is 9.59 Å². The second kappa shape index (κ2) is 7.00. The van der Waals surface area contributed by atoms with E-state index in [1.807, 2.05) is 13.8 Å². The fourth-order valence-electron chi connectivity index (χ4n) is 1.67. The summed E-state index contributed by atoms with van der Waals surface area (Å²) in [6.45, 7) is 5.49. The summed E-state index contributed by atoms with van der Waals surface area (Å²) in [7, 11) is 1.64. The Morgan fingerprint density at radius 3 is 2.50 bits per heavy atom. The van der Waals surface area contributed by atoms with Crippen molar-refractivity contribution in [2.24, 2.45) is 11.7 Å². The van der Waals surface area contributed by atoms with Crippen molar-refractivity contribution in [3.63, 3.8) is 0 Å². The molecule has 0 fully saturated rings. The van der Waals surface area contributed by atoms with Gasteiger partial charge in [0.2, 0.25) is 11.8 Å². The van der Waals surface area contributed by atoms with Crippen molar-refractivity contribution >= 4 is 23.3 Å². The molecule has 1 rings (SSSR count). The predicted molar refractivity (Wildman–Crippen MR) is 79.4 cm³/mol.